The van der Waals surface area contributed by atoms with Crippen molar-refractivity contribution in [2.24, 2.45) is 0 Å². The average Bonchev–Trinajstić information content (AvgIpc) is 3.33. The summed E-state index contributed by atoms with van der Waals surface area (Å²) >= 11 is 0. The first-order chi connectivity index (χ1) is 14.8. The zero-order chi connectivity index (χ0) is 22.1. The van der Waals surface area contributed by atoms with Gasteiger partial charge in [-0.3, -0.25) is 14.3 Å². The molecule has 14 heteroatoms. The number of aromatic amines is 1. The standard InChI is InChI=1S/C17H23N5O9/c23-9-3-13(21-2-1-12(25)18-17(21)28)31-11(9)7-29-5-8-4-22(20-19-8)16-15(27)14(26)10(24)6-30-16/h1-2,4,9-11,13-16,23-24,26-27H,3,5-7H2,(H,18,25,28)/t9-,10+,11+,13+,14-,15+,16+/m0/s1. The van der Waals surface area contributed by atoms with Crippen LogP contribution in [0.3, 0.4) is 0 Å². The van der Waals surface area contributed by atoms with E-state index in [1.165, 1.54) is 27.7 Å². The van der Waals surface area contributed by atoms with E-state index in [2.05, 4.69) is 15.3 Å². The molecule has 14 nitrogen and oxygen atoms in total. The zero-order valence-corrected chi connectivity index (χ0v) is 16.2. The van der Waals surface area contributed by atoms with E-state index in [0.717, 1.165) is 0 Å². The van der Waals surface area contributed by atoms with Crippen molar-refractivity contribution in [2.45, 2.75) is 56.0 Å². The Bertz CT molecular complexity index is 1010. The van der Waals surface area contributed by atoms with Gasteiger partial charge in [-0.15, -0.1) is 5.10 Å². The molecule has 0 unspecified atom stereocenters. The van der Waals surface area contributed by atoms with Crippen LogP contribution in [0.25, 0.3) is 0 Å². The lowest BCUT2D eigenvalue weighted by Gasteiger charge is -2.34. The molecule has 2 aliphatic rings. The summed E-state index contributed by atoms with van der Waals surface area (Å²) in [5.74, 6) is 0. The molecule has 0 aromatic carbocycles. The van der Waals surface area contributed by atoms with E-state index < -0.39 is 54.2 Å². The van der Waals surface area contributed by atoms with Crippen LogP contribution in [0.15, 0.2) is 28.0 Å². The highest BCUT2D eigenvalue weighted by atomic mass is 16.6. The molecular weight excluding hydrogens is 418 g/mol. The second-order valence-electron chi connectivity index (χ2n) is 7.43. The Morgan fingerprint density at radius 2 is 2.00 bits per heavy atom. The summed E-state index contributed by atoms with van der Waals surface area (Å²) in [6.45, 7) is -0.134. The van der Waals surface area contributed by atoms with Gasteiger partial charge < -0.3 is 34.6 Å². The molecule has 4 rings (SSSR count). The van der Waals surface area contributed by atoms with Crippen LogP contribution in [0.5, 0.6) is 0 Å². The van der Waals surface area contributed by atoms with Crippen molar-refractivity contribution < 1.29 is 34.6 Å². The van der Waals surface area contributed by atoms with Gasteiger partial charge in [0.05, 0.1) is 32.1 Å². The molecule has 2 fully saturated rings. The maximum atomic E-state index is 11.9. The number of hydrogen-bond donors (Lipinski definition) is 5. The van der Waals surface area contributed by atoms with Crippen molar-refractivity contribution in [3.05, 3.63) is 45.0 Å². The predicted octanol–water partition coefficient (Wildman–Crippen LogP) is -3.40. The van der Waals surface area contributed by atoms with Gasteiger partial charge in [0.25, 0.3) is 5.56 Å². The first-order valence-corrected chi connectivity index (χ1v) is 9.62. The lowest BCUT2D eigenvalue weighted by Crippen LogP contribution is -2.50. The SMILES string of the molecule is O=c1ccn([C@H]2C[C@H](O)[C@@H](COCc3cn([C@@H]4OC[C@@H](O)[C@H](O)[C@H]4O)nn3)O2)c(=O)[nH]1. The van der Waals surface area contributed by atoms with Gasteiger partial charge in [0.1, 0.15) is 36.3 Å². The van der Waals surface area contributed by atoms with Crippen molar-refractivity contribution in [1.82, 2.24) is 24.5 Å². The fourth-order valence-corrected chi connectivity index (χ4v) is 3.50. The Morgan fingerprint density at radius 3 is 2.77 bits per heavy atom. The zero-order valence-electron chi connectivity index (χ0n) is 16.2. The van der Waals surface area contributed by atoms with Gasteiger partial charge in [-0.25, -0.2) is 9.48 Å². The van der Waals surface area contributed by atoms with E-state index >= 15 is 0 Å². The largest absolute Gasteiger partial charge is 0.390 e. The van der Waals surface area contributed by atoms with Gasteiger partial charge >= 0.3 is 5.69 Å². The highest BCUT2D eigenvalue weighted by molar-refractivity contribution is 4.94. The van der Waals surface area contributed by atoms with Crippen LogP contribution in [0.1, 0.15) is 24.6 Å². The Kier molecular flexibility index (Phi) is 6.29. The molecule has 2 aromatic rings. The number of aliphatic hydroxyl groups is 4. The van der Waals surface area contributed by atoms with Crippen LogP contribution in [0.2, 0.25) is 0 Å². The second-order valence-corrected chi connectivity index (χ2v) is 7.43. The molecule has 0 radical (unpaired) electrons. The number of H-pyrrole nitrogens is 1. The van der Waals surface area contributed by atoms with Gasteiger partial charge in [0.2, 0.25) is 0 Å². The molecule has 0 saturated carbocycles. The number of aliphatic hydroxyl groups excluding tert-OH is 4. The number of nitrogens with one attached hydrogen (secondary N) is 1. The second kappa shape index (κ2) is 8.96. The van der Waals surface area contributed by atoms with Crippen LogP contribution in [0, 0.1) is 0 Å². The van der Waals surface area contributed by atoms with Gasteiger partial charge in [-0.05, 0) is 0 Å². The average molecular weight is 441 g/mol. The molecular formula is C17H23N5O9. The topological polar surface area (TPSA) is 194 Å². The van der Waals surface area contributed by atoms with Gasteiger partial charge in [0, 0.05) is 18.7 Å². The number of aromatic nitrogens is 5. The highest BCUT2D eigenvalue weighted by Gasteiger charge is 2.39. The van der Waals surface area contributed by atoms with Crippen molar-refractivity contribution in [3.63, 3.8) is 0 Å². The minimum atomic E-state index is -1.38. The molecule has 0 aliphatic carbocycles. The summed E-state index contributed by atoms with van der Waals surface area (Å²) in [6.07, 6.45) is -4.33. The monoisotopic (exact) mass is 441 g/mol. The van der Waals surface area contributed by atoms with Crippen LogP contribution in [-0.4, -0.2) is 88.7 Å². The van der Waals surface area contributed by atoms with Crippen LogP contribution < -0.4 is 11.2 Å². The van der Waals surface area contributed by atoms with Gasteiger partial charge in [-0.1, -0.05) is 5.21 Å². The third kappa shape index (κ3) is 4.59. The number of nitrogens with zero attached hydrogens (tertiary/aromatic N) is 4. The van der Waals surface area contributed by atoms with Gasteiger partial charge in [-0.2, -0.15) is 0 Å². The van der Waals surface area contributed by atoms with E-state index in [9.17, 15) is 30.0 Å². The van der Waals surface area contributed by atoms with E-state index in [-0.39, 0.29) is 26.2 Å². The number of rotatable bonds is 6. The lowest BCUT2D eigenvalue weighted by molar-refractivity contribution is -0.214. The minimum absolute atomic E-state index is 0.0100. The van der Waals surface area contributed by atoms with E-state index in [1.54, 1.807) is 0 Å². The summed E-state index contributed by atoms with van der Waals surface area (Å²) in [5, 5.41) is 47.3. The predicted molar refractivity (Wildman–Crippen MR) is 98.5 cm³/mol. The Hall–Kier alpha value is -2.46. The van der Waals surface area contributed by atoms with Crippen molar-refractivity contribution >= 4 is 0 Å². The lowest BCUT2D eigenvalue weighted by atomic mass is 10.0. The normalized spacial score (nSPS) is 33.6. The third-order valence-electron chi connectivity index (χ3n) is 5.19. The summed E-state index contributed by atoms with van der Waals surface area (Å²) < 4.78 is 18.9. The fourth-order valence-electron chi connectivity index (χ4n) is 3.50. The number of hydrogen-bond acceptors (Lipinski definition) is 11. The molecule has 2 aliphatic heterocycles. The highest BCUT2D eigenvalue weighted by Crippen LogP contribution is 2.28. The van der Waals surface area contributed by atoms with E-state index in [4.69, 9.17) is 14.2 Å². The van der Waals surface area contributed by atoms with E-state index in [0.29, 0.717) is 5.69 Å². The molecule has 0 spiro atoms. The first-order valence-electron chi connectivity index (χ1n) is 9.62. The van der Waals surface area contributed by atoms with Crippen LogP contribution >= 0.6 is 0 Å². The summed E-state index contributed by atoms with van der Waals surface area (Å²) in [4.78, 5) is 25.2. The quantitative estimate of drug-likeness (QED) is 0.300. The minimum Gasteiger partial charge on any atom is -0.390 e. The third-order valence-corrected chi connectivity index (χ3v) is 5.19. The molecule has 7 atom stereocenters. The Morgan fingerprint density at radius 1 is 1.19 bits per heavy atom. The summed E-state index contributed by atoms with van der Waals surface area (Å²) in [7, 11) is 0. The van der Waals surface area contributed by atoms with Crippen molar-refractivity contribution in [2.75, 3.05) is 13.2 Å². The van der Waals surface area contributed by atoms with Crippen LogP contribution in [0.4, 0.5) is 0 Å². The smallest absolute Gasteiger partial charge is 0.330 e. The molecule has 0 bridgehead atoms. The molecule has 0 amide bonds. The maximum Gasteiger partial charge on any atom is 0.330 e. The summed E-state index contributed by atoms with van der Waals surface area (Å²) in [6, 6.07) is 1.19. The first kappa shape index (κ1) is 21.8. The maximum absolute atomic E-state index is 11.9. The number of ether oxygens (including phenoxy) is 3. The molecule has 2 saturated heterocycles. The van der Waals surface area contributed by atoms with Crippen molar-refractivity contribution in [3.8, 4) is 0 Å². The summed E-state index contributed by atoms with van der Waals surface area (Å²) in [5.41, 5.74) is -0.755. The molecule has 170 valence electrons. The van der Waals surface area contributed by atoms with Crippen LogP contribution in [-0.2, 0) is 20.8 Å². The van der Waals surface area contributed by atoms with Gasteiger partial charge in [0.15, 0.2) is 6.23 Å². The Labute approximate surface area is 174 Å². The molecule has 5 N–H and O–H groups in total. The molecule has 31 heavy (non-hydrogen) atoms. The van der Waals surface area contributed by atoms with E-state index in [1.807, 2.05) is 0 Å². The Balaban J connectivity index is 1.30. The molecule has 4 heterocycles. The molecule has 2 aromatic heterocycles. The van der Waals surface area contributed by atoms with Crippen molar-refractivity contribution in [1.29, 1.82) is 0 Å². The fraction of sp³-hybridized carbons (Fsp3) is 0.647.